The highest BCUT2D eigenvalue weighted by molar-refractivity contribution is 8.00. The van der Waals surface area contributed by atoms with Crippen LogP contribution < -0.4 is 5.32 Å². The topological polar surface area (TPSA) is 12.0 Å². The molecule has 1 fully saturated rings. The minimum atomic E-state index is 0.729. The van der Waals surface area contributed by atoms with Crippen LogP contribution in [-0.4, -0.2) is 18.3 Å². The van der Waals surface area contributed by atoms with Crippen LogP contribution in [-0.2, 0) is 0 Å². The van der Waals surface area contributed by atoms with Gasteiger partial charge < -0.3 is 5.32 Å². The molecule has 0 heterocycles. The van der Waals surface area contributed by atoms with Crippen molar-refractivity contribution >= 4 is 11.8 Å². The second-order valence-electron chi connectivity index (χ2n) is 5.16. The zero-order chi connectivity index (χ0) is 12.3. The Bertz CT molecular complexity index is 375. The maximum absolute atomic E-state index is 3.43. The zero-order valence-corrected chi connectivity index (χ0v) is 11.9. The van der Waals surface area contributed by atoms with E-state index in [2.05, 4.69) is 56.2 Å². The number of rotatable bonds is 3. The molecule has 2 unspecified atom stereocenters. The Balaban J connectivity index is 2.00. The average molecular weight is 249 g/mol. The molecule has 1 saturated carbocycles. The van der Waals surface area contributed by atoms with Crippen molar-refractivity contribution in [2.75, 3.05) is 7.05 Å². The lowest BCUT2D eigenvalue weighted by molar-refractivity contribution is 0.402. The molecular formula is C15H23NS. The van der Waals surface area contributed by atoms with Gasteiger partial charge in [0.05, 0.1) is 0 Å². The van der Waals surface area contributed by atoms with E-state index in [9.17, 15) is 0 Å². The first-order valence-corrected chi connectivity index (χ1v) is 7.48. The predicted molar refractivity (Wildman–Crippen MR) is 76.9 cm³/mol. The standard InChI is InChI=1S/C15H23NS/c1-11-7-8-15(12(2)9-11)17-14-6-4-5-13(10-14)16-3/h7-9,13-14,16H,4-6,10H2,1-3H3. The van der Waals surface area contributed by atoms with E-state index in [1.165, 1.54) is 41.7 Å². The predicted octanol–water partition coefficient (Wildman–Crippen LogP) is 3.93. The molecular weight excluding hydrogens is 226 g/mol. The van der Waals surface area contributed by atoms with Gasteiger partial charge in [-0.25, -0.2) is 0 Å². The molecule has 2 atom stereocenters. The third-order valence-electron chi connectivity index (χ3n) is 3.66. The van der Waals surface area contributed by atoms with Gasteiger partial charge in [-0.2, -0.15) is 0 Å². The van der Waals surface area contributed by atoms with E-state index in [1.807, 2.05) is 0 Å². The normalized spacial score (nSPS) is 24.9. The smallest absolute Gasteiger partial charge is 0.0109 e. The van der Waals surface area contributed by atoms with Crippen LogP contribution in [0.4, 0.5) is 0 Å². The lowest BCUT2D eigenvalue weighted by Crippen LogP contribution is -2.32. The van der Waals surface area contributed by atoms with Crippen LogP contribution in [0.1, 0.15) is 36.8 Å². The molecule has 1 aliphatic rings. The number of aryl methyl sites for hydroxylation is 2. The second-order valence-corrected chi connectivity index (χ2v) is 6.50. The van der Waals surface area contributed by atoms with Gasteiger partial charge >= 0.3 is 0 Å². The highest BCUT2D eigenvalue weighted by Crippen LogP contribution is 2.35. The van der Waals surface area contributed by atoms with Gasteiger partial charge in [-0.3, -0.25) is 0 Å². The fourth-order valence-corrected chi connectivity index (χ4v) is 3.99. The summed E-state index contributed by atoms with van der Waals surface area (Å²) in [7, 11) is 2.09. The Kier molecular flexibility index (Phi) is 4.52. The molecule has 2 rings (SSSR count). The van der Waals surface area contributed by atoms with Gasteiger partial charge in [-0.05, 0) is 51.8 Å². The van der Waals surface area contributed by atoms with Crippen molar-refractivity contribution in [3.63, 3.8) is 0 Å². The summed E-state index contributed by atoms with van der Waals surface area (Å²) in [6.07, 6.45) is 5.40. The summed E-state index contributed by atoms with van der Waals surface area (Å²) in [4.78, 5) is 1.47. The second kappa shape index (κ2) is 5.92. The molecule has 94 valence electrons. The molecule has 0 aliphatic heterocycles. The summed E-state index contributed by atoms with van der Waals surface area (Å²) in [5.74, 6) is 0. The van der Waals surface area contributed by atoms with Crippen molar-refractivity contribution in [1.29, 1.82) is 0 Å². The van der Waals surface area contributed by atoms with Gasteiger partial charge in [-0.15, -0.1) is 11.8 Å². The van der Waals surface area contributed by atoms with Gasteiger partial charge in [0.2, 0.25) is 0 Å². The van der Waals surface area contributed by atoms with E-state index in [4.69, 9.17) is 0 Å². The Morgan fingerprint density at radius 1 is 1.24 bits per heavy atom. The highest BCUT2D eigenvalue weighted by atomic mass is 32.2. The molecule has 0 bridgehead atoms. The van der Waals surface area contributed by atoms with Crippen LogP contribution in [0.5, 0.6) is 0 Å². The molecule has 1 nitrogen and oxygen atoms in total. The lowest BCUT2D eigenvalue weighted by atomic mass is 9.95. The number of nitrogens with one attached hydrogen (secondary N) is 1. The summed E-state index contributed by atoms with van der Waals surface area (Å²) in [6, 6.07) is 7.54. The third-order valence-corrected chi connectivity index (χ3v) is 5.13. The first-order valence-electron chi connectivity index (χ1n) is 6.60. The highest BCUT2D eigenvalue weighted by Gasteiger charge is 2.21. The summed E-state index contributed by atoms with van der Waals surface area (Å²) in [6.45, 7) is 4.40. The Hall–Kier alpha value is -0.470. The molecule has 1 aliphatic carbocycles. The average Bonchev–Trinajstić information content (AvgIpc) is 2.33. The Morgan fingerprint density at radius 3 is 2.76 bits per heavy atom. The molecule has 0 amide bonds. The van der Waals surface area contributed by atoms with Gasteiger partial charge in [0, 0.05) is 16.2 Å². The van der Waals surface area contributed by atoms with Crippen molar-refractivity contribution in [2.24, 2.45) is 0 Å². The fourth-order valence-electron chi connectivity index (χ4n) is 2.63. The number of benzene rings is 1. The summed E-state index contributed by atoms with van der Waals surface area (Å²) in [5.41, 5.74) is 2.80. The van der Waals surface area contributed by atoms with Gasteiger partial charge in [0.25, 0.3) is 0 Å². The van der Waals surface area contributed by atoms with Gasteiger partial charge in [0.1, 0.15) is 0 Å². The number of hydrogen-bond donors (Lipinski definition) is 1. The van der Waals surface area contributed by atoms with Gasteiger partial charge in [-0.1, -0.05) is 24.1 Å². The Labute approximate surface area is 109 Å². The Morgan fingerprint density at radius 2 is 2.06 bits per heavy atom. The quantitative estimate of drug-likeness (QED) is 0.871. The molecule has 0 aromatic heterocycles. The van der Waals surface area contributed by atoms with Crippen molar-refractivity contribution in [3.05, 3.63) is 29.3 Å². The summed E-state index contributed by atoms with van der Waals surface area (Å²) in [5, 5.41) is 4.22. The monoisotopic (exact) mass is 249 g/mol. The van der Waals surface area contributed by atoms with Crippen LogP contribution in [0.15, 0.2) is 23.1 Å². The van der Waals surface area contributed by atoms with E-state index in [0.717, 1.165) is 11.3 Å². The van der Waals surface area contributed by atoms with Crippen molar-refractivity contribution < 1.29 is 0 Å². The summed E-state index contributed by atoms with van der Waals surface area (Å²) >= 11 is 2.08. The van der Waals surface area contributed by atoms with Crippen LogP contribution in [0, 0.1) is 13.8 Å². The van der Waals surface area contributed by atoms with Crippen molar-refractivity contribution in [1.82, 2.24) is 5.32 Å². The lowest BCUT2D eigenvalue weighted by Gasteiger charge is -2.28. The van der Waals surface area contributed by atoms with Crippen LogP contribution in [0.25, 0.3) is 0 Å². The van der Waals surface area contributed by atoms with E-state index in [-0.39, 0.29) is 0 Å². The van der Waals surface area contributed by atoms with Gasteiger partial charge in [0.15, 0.2) is 0 Å². The van der Waals surface area contributed by atoms with Crippen LogP contribution in [0.3, 0.4) is 0 Å². The number of hydrogen-bond acceptors (Lipinski definition) is 2. The molecule has 17 heavy (non-hydrogen) atoms. The zero-order valence-electron chi connectivity index (χ0n) is 11.1. The maximum Gasteiger partial charge on any atom is 0.0109 e. The van der Waals surface area contributed by atoms with E-state index in [0.29, 0.717) is 0 Å². The SMILES string of the molecule is CNC1CCCC(Sc2ccc(C)cc2C)C1. The molecule has 1 aromatic rings. The molecule has 1 N–H and O–H groups in total. The molecule has 0 radical (unpaired) electrons. The molecule has 0 saturated heterocycles. The van der Waals surface area contributed by atoms with Crippen molar-refractivity contribution in [2.45, 2.75) is 55.7 Å². The largest absolute Gasteiger partial charge is 0.317 e. The van der Waals surface area contributed by atoms with Crippen molar-refractivity contribution in [3.8, 4) is 0 Å². The van der Waals surface area contributed by atoms with E-state index >= 15 is 0 Å². The van der Waals surface area contributed by atoms with Crippen LogP contribution >= 0.6 is 11.8 Å². The molecule has 2 heteroatoms. The molecule has 0 spiro atoms. The first kappa shape index (κ1) is 13.0. The van der Waals surface area contributed by atoms with Crippen LogP contribution in [0.2, 0.25) is 0 Å². The first-order chi connectivity index (χ1) is 8.19. The van der Waals surface area contributed by atoms with E-state index in [1.54, 1.807) is 0 Å². The summed E-state index contributed by atoms with van der Waals surface area (Å²) < 4.78 is 0. The maximum atomic E-state index is 3.43. The minimum absolute atomic E-state index is 0.729. The minimum Gasteiger partial charge on any atom is -0.317 e. The van der Waals surface area contributed by atoms with E-state index < -0.39 is 0 Å². The molecule has 1 aromatic carbocycles. The third kappa shape index (κ3) is 3.49. The number of thioether (sulfide) groups is 1. The fraction of sp³-hybridized carbons (Fsp3) is 0.600.